The van der Waals surface area contributed by atoms with Gasteiger partial charge in [-0.2, -0.15) is 5.10 Å². The summed E-state index contributed by atoms with van der Waals surface area (Å²) >= 11 is 0. The molecule has 0 fully saturated rings. The van der Waals surface area contributed by atoms with Gasteiger partial charge >= 0.3 is 0 Å². The fourth-order valence-corrected chi connectivity index (χ4v) is 3.65. The lowest BCUT2D eigenvalue weighted by Gasteiger charge is -2.25. The first-order chi connectivity index (χ1) is 12.4. The van der Waals surface area contributed by atoms with E-state index >= 15 is 0 Å². The van der Waals surface area contributed by atoms with E-state index in [1.165, 1.54) is 19.2 Å². The maximum Gasteiger partial charge on any atom is 0.264 e. The summed E-state index contributed by atoms with van der Waals surface area (Å²) in [7, 11) is -2.53. The number of rotatable bonds is 7. The molecule has 2 aromatic rings. The second kappa shape index (κ2) is 8.48. The van der Waals surface area contributed by atoms with Crippen LogP contribution in [0.15, 0.2) is 64.6 Å². The SMILES string of the molecule is COc1ccccc1N(CC(=O)NN=C(C)C)S(=O)(=O)c1ccccc1. The van der Waals surface area contributed by atoms with Gasteiger partial charge in [0, 0.05) is 5.71 Å². The second-order valence-corrected chi connectivity index (χ2v) is 7.45. The Labute approximate surface area is 153 Å². The molecule has 0 aromatic heterocycles. The van der Waals surface area contributed by atoms with Gasteiger partial charge in [0.05, 0.1) is 17.7 Å². The molecule has 0 aliphatic heterocycles. The Morgan fingerprint density at radius 3 is 2.31 bits per heavy atom. The Hall–Kier alpha value is -2.87. The van der Waals surface area contributed by atoms with Gasteiger partial charge in [0.1, 0.15) is 12.3 Å². The van der Waals surface area contributed by atoms with E-state index in [2.05, 4.69) is 10.5 Å². The van der Waals surface area contributed by atoms with Gasteiger partial charge < -0.3 is 4.74 Å². The summed E-state index contributed by atoms with van der Waals surface area (Å²) in [4.78, 5) is 12.3. The molecule has 0 radical (unpaired) electrons. The number of nitrogens with zero attached hydrogens (tertiary/aromatic N) is 2. The van der Waals surface area contributed by atoms with E-state index in [1.807, 2.05) is 0 Å². The van der Waals surface area contributed by atoms with Gasteiger partial charge in [0.2, 0.25) is 0 Å². The van der Waals surface area contributed by atoms with Crippen LogP contribution in [0.2, 0.25) is 0 Å². The zero-order valence-electron chi connectivity index (χ0n) is 14.8. The van der Waals surface area contributed by atoms with Crippen LogP contribution in [0.1, 0.15) is 13.8 Å². The Morgan fingerprint density at radius 1 is 1.08 bits per heavy atom. The summed E-state index contributed by atoms with van der Waals surface area (Å²) in [5, 5.41) is 3.83. The number of benzene rings is 2. The van der Waals surface area contributed by atoms with Crippen LogP contribution in [0, 0.1) is 0 Å². The Bertz CT molecular complexity index is 892. The van der Waals surface area contributed by atoms with Gasteiger partial charge in [-0.1, -0.05) is 30.3 Å². The van der Waals surface area contributed by atoms with E-state index in [0.717, 1.165) is 4.31 Å². The van der Waals surface area contributed by atoms with Crippen LogP contribution >= 0.6 is 0 Å². The van der Waals surface area contributed by atoms with Crippen LogP contribution in [-0.4, -0.2) is 33.7 Å². The number of hydrogen-bond acceptors (Lipinski definition) is 5. The van der Waals surface area contributed by atoms with Gasteiger partial charge in [0.25, 0.3) is 15.9 Å². The summed E-state index contributed by atoms with van der Waals surface area (Å²) in [5.74, 6) is -0.216. The minimum Gasteiger partial charge on any atom is -0.495 e. The number of nitrogens with one attached hydrogen (secondary N) is 1. The number of carbonyl (C=O) groups excluding carboxylic acids is 1. The summed E-state index contributed by atoms with van der Waals surface area (Å²) in [5.41, 5.74) is 3.26. The highest BCUT2D eigenvalue weighted by Gasteiger charge is 2.29. The van der Waals surface area contributed by atoms with E-state index < -0.39 is 22.5 Å². The molecule has 7 nitrogen and oxygen atoms in total. The van der Waals surface area contributed by atoms with Crippen LogP contribution < -0.4 is 14.5 Å². The molecule has 1 N–H and O–H groups in total. The molecule has 1 amide bonds. The molecule has 0 saturated carbocycles. The molecular formula is C18H21N3O4S. The topological polar surface area (TPSA) is 88.1 Å². The first-order valence-corrected chi connectivity index (χ1v) is 9.31. The highest BCUT2D eigenvalue weighted by molar-refractivity contribution is 7.92. The monoisotopic (exact) mass is 375 g/mol. The lowest BCUT2D eigenvalue weighted by atomic mass is 10.3. The Morgan fingerprint density at radius 2 is 1.69 bits per heavy atom. The second-order valence-electron chi connectivity index (χ2n) is 5.59. The highest BCUT2D eigenvalue weighted by Crippen LogP contribution is 2.31. The van der Waals surface area contributed by atoms with Crippen LogP contribution in [0.25, 0.3) is 0 Å². The molecule has 26 heavy (non-hydrogen) atoms. The van der Waals surface area contributed by atoms with Crippen molar-refractivity contribution in [1.82, 2.24) is 5.43 Å². The van der Waals surface area contributed by atoms with Crippen LogP contribution in [-0.2, 0) is 14.8 Å². The number of amides is 1. The first kappa shape index (κ1) is 19.5. The van der Waals surface area contributed by atoms with Crippen molar-refractivity contribution in [2.24, 2.45) is 5.10 Å². The van der Waals surface area contributed by atoms with Gasteiger partial charge in [-0.3, -0.25) is 9.10 Å². The number of hydrogen-bond donors (Lipinski definition) is 1. The van der Waals surface area contributed by atoms with Crippen molar-refractivity contribution >= 4 is 27.3 Å². The minimum atomic E-state index is -3.98. The predicted molar refractivity (Wildman–Crippen MR) is 101 cm³/mol. The van der Waals surface area contributed by atoms with Crippen molar-refractivity contribution < 1.29 is 17.9 Å². The van der Waals surface area contributed by atoms with Crippen molar-refractivity contribution in [2.45, 2.75) is 18.7 Å². The predicted octanol–water partition coefficient (Wildman–Crippen LogP) is 2.40. The molecule has 8 heteroatoms. The lowest BCUT2D eigenvalue weighted by Crippen LogP contribution is -2.39. The van der Waals surface area contributed by atoms with Gasteiger partial charge in [-0.15, -0.1) is 0 Å². The third-order valence-electron chi connectivity index (χ3n) is 3.38. The summed E-state index contributed by atoms with van der Waals surface area (Å²) in [6, 6.07) is 14.5. The maximum atomic E-state index is 13.1. The fourth-order valence-electron chi connectivity index (χ4n) is 2.20. The highest BCUT2D eigenvalue weighted by atomic mass is 32.2. The van der Waals surface area contributed by atoms with Crippen LogP contribution in [0.5, 0.6) is 5.75 Å². The van der Waals surface area contributed by atoms with Crippen LogP contribution in [0.4, 0.5) is 5.69 Å². The Kier molecular flexibility index (Phi) is 6.35. The smallest absolute Gasteiger partial charge is 0.264 e. The molecular weight excluding hydrogens is 354 g/mol. The third-order valence-corrected chi connectivity index (χ3v) is 5.15. The number of anilines is 1. The normalized spacial score (nSPS) is 10.7. The molecule has 0 spiro atoms. The third kappa shape index (κ3) is 4.60. The Balaban J connectivity index is 2.49. The van der Waals surface area contributed by atoms with Crippen molar-refractivity contribution in [1.29, 1.82) is 0 Å². The number of ether oxygens (including phenoxy) is 1. The largest absolute Gasteiger partial charge is 0.495 e. The molecule has 2 rings (SSSR count). The average Bonchev–Trinajstić information content (AvgIpc) is 2.65. The molecule has 0 saturated heterocycles. The quantitative estimate of drug-likeness (QED) is 0.595. The van der Waals surface area contributed by atoms with E-state index in [-0.39, 0.29) is 10.6 Å². The number of carbonyl (C=O) groups is 1. The lowest BCUT2D eigenvalue weighted by molar-refractivity contribution is -0.119. The standard InChI is InChI=1S/C18H21N3O4S/c1-14(2)19-20-18(22)13-21(16-11-7-8-12-17(16)25-3)26(23,24)15-9-5-4-6-10-15/h4-12H,13H2,1-3H3,(H,20,22). The van der Waals surface area contributed by atoms with Crippen molar-refractivity contribution in [2.75, 3.05) is 18.0 Å². The van der Waals surface area contributed by atoms with Crippen molar-refractivity contribution in [3.8, 4) is 5.75 Å². The molecule has 2 aromatic carbocycles. The van der Waals surface area contributed by atoms with Gasteiger partial charge in [-0.25, -0.2) is 13.8 Å². The van der Waals surface area contributed by atoms with Crippen molar-refractivity contribution in [3.63, 3.8) is 0 Å². The first-order valence-electron chi connectivity index (χ1n) is 7.87. The zero-order chi connectivity index (χ0) is 19.2. The molecule has 0 aliphatic carbocycles. The summed E-state index contributed by atoms with van der Waals surface area (Å²) in [6.07, 6.45) is 0. The molecule has 0 aliphatic rings. The van der Waals surface area contributed by atoms with Gasteiger partial charge in [-0.05, 0) is 38.1 Å². The van der Waals surface area contributed by atoms with E-state index in [4.69, 9.17) is 4.74 Å². The molecule has 0 unspecified atom stereocenters. The number of methoxy groups -OCH3 is 1. The number of para-hydroxylation sites is 2. The molecule has 0 heterocycles. The minimum absolute atomic E-state index is 0.0777. The van der Waals surface area contributed by atoms with Crippen LogP contribution in [0.3, 0.4) is 0 Å². The molecule has 0 atom stereocenters. The summed E-state index contributed by atoms with van der Waals surface area (Å²) < 4.78 is 32.5. The van der Waals surface area contributed by atoms with E-state index in [0.29, 0.717) is 11.5 Å². The molecule has 138 valence electrons. The van der Waals surface area contributed by atoms with Crippen molar-refractivity contribution in [3.05, 3.63) is 54.6 Å². The average molecular weight is 375 g/mol. The zero-order valence-corrected chi connectivity index (χ0v) is 15.7. The van der Waals surface area contributed by atoms with Gasteiger partial charge in [0.15, 0.2) is 0 Å². The fraction of sp³-hybridized carbons (Fsp3) is 0.222. The number of sulfonamides is 1. The molecule has 0 bridgehead atoms. The van der Waals surface area contributed by atoms with E-state index in [9.17, 15) is 13.2 Å². The number of hydrazone groups is 1. The summed E-state index contributed by atoms with van der Waals surface area (Å²) in [6.45, 7) is 3.01. The maximum absolute atomic E-state index is 13.1. The van der Waals surface area contributed by atoms with E-state index in [1.54, 1.807) is 56.3 Å².